The topological polar surface area (TPSA) is 76.2 Å². The molecule has 1 N–H and O–H groups in total. The van der Waals surface area contributed by atoms with E-state index in [4.69, 9.17) is 9.52 Å². The van der Waals surface area contributed by atoms with E-state index in [0.29, 0.717) is 18.5 Å². The van der Waals surface area contributed by atoms with Crippen LogP contribution in [0.15, 0.2) is 10.6 Å². The van der Waals surface area contributed by atoms with Gasteiger partial charge in [-0.2, -0.15) is 5.10 Å². The van der Waals surface area contributed by atoms with Crippen LogP contribution in [-0.2, 0) is 19.5 Å². The van der Waals surface area contributed by atoms with E-state index in [1.807, 2.05) is 16.5 Å². The highest BCUT2D eigenvalue weighted by Crippen LogP contribution is 2.30. The molecule has 1 aliphatic carbocycles. The molecule has 0 radical (unpaired) electrons. The van der Waals surface area contributed by atoms with Gasteiger partial charge in [-0.15, -0.1) is 0 Å². The lowest BCUT2D eigenvalue weighted by Crippen LogP contribution is -2.46. The molecule has 1 saturated carbocycles. The first-order chi connectivity index (χ1) is 12.2. The summed E-state index contributed by atoms with van der Waals surface area (Å²) in [7, 11) is 0. The number of rotatable bonds is 3. The van der Waals surface area contributed by atoms with E-state index in [2.05, 4.69) is 17.2 Å². The molecule has 2 aromatic heterocycles. The van der Waals surface area contributed by atoms with Crippen LogP contribution in [0.1, 0.15) is 49.6 Å². The molecule has 25 heavy (non-hydrogen) atoms. The fourth-order valence-electron chi connectivity index (χ4n) is 3.90. The van der Waals surface area contributed by atoms with Crippen molar-refractivity contribution < 1.29 is 9.21 Å². The summed E-state index contributed by atoms with van der Waals surface area (Å²) in [5.74, 6) is 1.31. The number of carbonyl (C=O) groups excluding carboxylic acids is 1. The number of carbonyl (C=O) groups is 1. The Bertz CT molecular complexity index is 773. The second kappa shape index (κ2) is 6.54. The van der Waals surface area contributed by atoms with Gasteiger partial charge in [0.15, 0.2) is 5.69 Å². The Balaban J connectivity index is 1.58. The van der Waals surface area contributed by atoms with Gasteiger partial charge in [-0.05, 0) is 26.7 Å². The Morgan fingerprint density at radius 2 is 2.20 bits per heavy atom. The lowest BCUT2D eigenvalue weighted by molar-refractivity contribution is 0.188. The van der Waals surface area contributed by atoms with Gasteiger partial charge in [-0.25, -0.2) is 9.78 Å². The van der Waals surface area contributed by atoms with Crippen molar-refractivity contribution in [1.29, 1.82) is 0 Å². The molecule has 2 aromatic rings. The average Bonchev–Trinajstić information content (AvgIpc) is 3.33. The molecule has 1 fully saturated rings. The van der Waals surface area contributed by atoms with Crippen molar-refractivity contribution in [2.75, 3.05) is 6.54 Å². The van der Waals surface area contributed by atoms with E-state index in [0.717, 1.165) is 49.4 Å². The summed E-state index contributed by atoms with van der Waals surface area (Å²) in [6, 6.07) is 0.373. The van der Waals surface area contributed by atoms with E-state index in [1.54, 1.807) is 6.20 Å². The predicted octanol–water partition coefficient (Wildman–Crippen LogP) is 2.88. The molecular weight excluding hydrogens is 318 g/mol. The minimum absolute atomic E-state index is 0.0383. The Morgan fingerprint density at radius 1 is 1.40 bits per heavy atom. The first kappa shape index (κ1) is 16.2. The zero-order valence-corrected chi connectivity index (χ0v) is 14.9. The summed E-state index contributed by atoms with van der Waals surface area (Å²) in [5, 5.41) is 7.88. The van der Waals surface area contributed by atoms with Gasteiger partial charge in [0.2, 0.25) is 5.89 Å². The van der Waals surface area contributed by atoms with Crippen molar-refractivity contribution in [3.8, 4) is 11.6 Å². The number of aromatic nitrogens is 3. The zero-order valence-electron chi connectivity index (χ0n) is 14.9. The predicted molar refractivity (Wildman–Crippen MR) is 93.0 cm³/mol. The van der Waals surface area contributed by atoms with Gasteiger partial charge >= 0.3 is 6.03 Å². The van der Waals surface area contributed by atoms with Crippen LogP contribution in [-0.4, -0.2) is 38.3 Å². The Hall–Kier alpha value is -2.31. The molecule has 0 atom stereocenters. The van der Waals surface area contributed by atoms with Gasteiger partial charge in [-0.1, -0.05) is 12.8 Å². The first-order valence-electron chi connectivity index (χ1n) is 9.22. The average molecular weight is 343 g/mol. The van der Waals surface area contributed by atoms with Crippen LogP contribution in [0.3, 0.4) is 0 Å². The molecule has 0 bridgehead atoms. The van der Waals surface area contributed by atoms with Gasteiger partial charge in [0.25, 0.3) is 0 Å². The molecule has 0 aromatic carbocycles. The highest BCUT2D eigenvalue weighted by molar-refractivity contribution is 5.75. The van der Waals surface area contributed by atoms with Crippen LogP contribution in [0.5, 0.6) is 0 Å². The first-order valence-corrected chi connectivity index (χ1v) is 9.22. The molecule has 0 saturated heterocycles. The lowest BCUT2D eigenvalue weighted by atomic mass is 10.1. The normalized spacial score (nSPS) is 17.8. The number of amides is 2. The van der Waals surface area contributed by atoms with Crippen molar-refractivity contribution >= 4 is 6.03 Å². The third kappa shape index (κ3) is 3.03. The van der Waals surface area contributed by atoms with Gasteiger partial charge in [-0.3, -0.25) is 4.68 Å². The number of hydrogen-bond donors (Lipinski definition) is 1. The molecule has 1 aliphatic heterocycles. The van der Waals surface area contributed by atoms with Crippen molar-refractivity contribution in [2.24, 2.45) is 0 Å². The minimum atomic E-state index is 0.0383. The van der Waals surface area contributed by atoms with Crippen LogP contribution in [0, 0.1) is 6.92 Å². The van der Waals surface area contributed by atoms with Crippen molar-refractivity contribution in [3.63, 3.8) is 0 Å². The van der Waals surface area contributed by atoms with Crippen LogP contribution < -0.4 is 5.32 Å². The quantitative estimate of drug-likeness (QED) is 0.930. The number of nitrogens with one attached hydrogen (secondary N) is 1. The van der Waals surface area contributed by atoms with Gasteiger partial charge < -0.3 is 14.6 Å². The van der Waals surface area contributed by atoms with Crippen LogP contribution in [0.25, 0.3) is 11.6 Å². The van der Waals surface area contributed by atoms with Crippen molar-refractivity contribution in [3.05, 3.63) is 23.2 Å². The summed E-state index contributed by atoms with van der Waals surface area (Å²) in [6.07, 6.45) is 7.14. The summed E-state index contributed by atoms with van der Waals surface area (Å²) < 4.78 is 7.70. The second-order valence-electron chi connectivity index (χ2n) is 6.97. The summed E-state index contributed by atoms with van der Waals surface area (Å²) in [4.78, 5) is 18.9. The Kier molecular flexibility index (Phi) is 4.23. The fraction of sp³-hybridized carbons (Fsp3) is 0.611. The maximum Gasteiger partial charge on any atom is 0.317 e. The van der Waals surface area contributed by atoms with Crippen LogP contribution in [0.4, 0.5) is 4.79 Å². The molecule has 2 amide bonds. The molecule has 7 heteroatoms. The number of aryl methyl sites for hydroxylation is 2. The van der Waals surface area contributed by atoms with E-state index in [1.165, 1.54) is 18.5 Å². The van der Waals surface area contributed by atoms with Crippen molar-refractivity contribution in [2.45, 2.75) is 65.1 Å². The third-order valence-corrected chi connectivity index (χ3v) is 5.23. The molecule has 4 rings (SSSR count). The molecule has 3 heterocycles. The molecule has 134 valence electrons. The maximum absolute atomic E-state index is 12.6. The van der Waals surface area contributed by atoms with Crippen molar-refractivity contribution in [1.82, 2.24) is 25.0 Å². The van der Waals surface area contributed by atoms with E-state index in [9.17, 15) is 4.79 Å². The number of oxazole rings is 1. The minimum Gasteiger partial charge on any atom is -0.440 e. The number of hydrogen-bond acceptors (Lipinski definition) is 4. The lowest BCUT2D eigenvalue weighted by Gasteiger charge is -2.29. The molecule has 7 nitrogen and oxygen atoms in total. The number of nitrogens with zero attached hydrogens (tertiary/aromatic N) is 4. The maximum atomic E-state index is 12.6. The SMILES string of the molecule is CCn1nc(-c2ncc(C)o2)c2c1CCN(C(=O)NC1CCCC1)C2. The standard InChI is InChI=1S/C18H25N5O2/c1-3-23-15-8-9-22(18(24)20-13-6-4-5-7-13)11-14(15)16(21-23)17-19-10-12(2)25-17/h10,13H,3-9,11H2,1-2H3,(H,20,24). The number of urea groups is 1. The van der Waals surface area contributed by atoms with Gasteiger partial charge in [0, 0.05) is 36.8 Å². The van der Waals surface area contributed by atoms with Crippen LogP contribution in [0.2, 0.25) is 0 Å². The smallest absolute Gasteiger partial charge is 0.317 e. The van der Waals surface area contributed by atoms with E-state index >= 15 is 0 Å². The summed E-state index contributed by atoms with van der Waals surface area (Å²) in [5.41, 5.74) is 3.03. The van der Waals surface area contributed by atoms with Gasteiger partial charge in [0.1, 0.15) is 5.76 Å². The monoisotopic (exact) mass is 343 g/mol. The highest BCUT2D eigenvalue weighted by atomic mass is 16.4. The molecule has 0 unspecified atom stereocenters. The Labute approximate surface area is 147 Å². The summed E-state index contributed by atoms with van der Waals surface area (Å²) >= 11 is 0. The third-order valence-electron chi connectivity index (χ3n) is 5.23. The number of fused-ring (bicyclic) bond motifs is 1. The summed E-state index contributed by atoms with van der Waals surface area (Å²) in [6.45, 7) is 6.04. The zero-order chi connectivity index (χ0) is 17.4. The van der Waals surface area contributed by atoms with E-state index < -0.39 is 0 Å². The fourth-order valence-corrected chi connectivity index (χ4v) is 3.90. The van der Waals surface area contributed by atoms with Crippen LogP contribution >= 0.6 is 0 Å². The largest absolute Gasteiger partial charge is 0.440 e. The Morgan fingerprint density at radius 3 is 2.88 bits per heavy atom. The molecule has 2 aliphatic rings. The second-order valence-corrected chi connectivity index (χ2v) is 6.97. The van der Waals surface area contributed by atoms with E-state index in [-0.39, 0.29) is 6.03 Å². The molecule has 0 spiro atoms. The highest BCUT2D eigenvalue weighted by Gasteiger charge is 2.30. The van der Waals surface area contributed by atoms with Gasteiger partial charge in [0.05, 0.1) is 12.7 Å². The molecular formula is C18H25N5O2.